The second kappa shape index (κ2) is 7.28. The molecule has 0 aromatic carbocycles. The van der Waals surface area contributed by atoms with Crippen molar-refractivity contribution in [1.29, 1.82) is 0 Å². The van der Waals surface area contributed by atoms with Crippen LogP contribution in [0.15, 0.2) is 22.9 Å². The maximum Gasteiger partial charge on any atom is 0.225 e. The second-order valence-electron chi connectivity index (χ2n) is 8.55. The highest BCUT2D eigenvalue weighted by molar-refractivity contribution is 5.79. The quantitative estimate of drug-likeness (QED) is 0.675. The van der Waals surface area contributed by atoms with Crippen molar-refractivity contribution in [2.45, 2.75) is 58.3 Å². The van der Waals surface area contributed by atoms with Crippen LogP contribution in [0.3, 0.4) is 0 Å². The van der Waals surface area contributed by atoms with Crippen LogP contribution in [0, 0.1) is 19.8 Å². The topological polar surface area (TPSA) is 76.5 Å². The normalized spacial score (nSPS) is 20.6. The Bertz CT molecular complexity index is 1050. The molecule has 0 unspecified atom stereocenters. The molecule has 29 heavy (non-hydrogen) atoms. The molecule has 1 atom stereocenters. The van der Waals surface area contributed by atoms with Crippen molar-refractivity contribution in [3.8, 4) is 11.3 Å². The summed E-state index contributed by atoms with van der Waals surface area (Å²) >= 11 is 0. The van der Waals surface area contributed by atoms with Gasteiger partial charge in [0.05, 0.1) is 22.6 Å². The Labute approximate surface area is 170 Å². The Hall–Kier alpha value is -2.70. The molecule has 7 heteroatoms. The van der Waals surface area contributed by atoms with E-state index in [0.29, 0.717) is 11.7 Å². The van der Waals surface area contributed by atoms with Gasteiger partial charge in [0.15, 0.2) is 11.4 Å². The molecule has 0 radical (unpaired) electrons. The van der Waals surface area contributed by atoms with Gasteiger partial charge in [0.1, 0.15) is 0 Å². The van der Waals surface area contributed by atoms with E-state index < -0.39 is 0 Å². The first-order chi connectivity index (χ1) is 14.1. The van der Waals surface area contributed by atoms with Crippen molar-refractivity contribution >= 4 is 11.6 Å². The Morgan fingerprint density at radius 3 is 2.69 bits per heavy atom. The lowest BCUT2D eigenvalue weighted by Gasteiger charge is -2.35. The minimum Gasteiger partial charge on any atom is -0.356 e. The van der Waals surface area contributed by atoms with Crippen molar-refractivity contribution in [3.63, 3.8) is 0 Å². The van der Waals surface area contributed by atoms with Gasteiger partial charge in [-0.05, 0) is 39.5 Å². The second-order valence-corrected chi connectivity index (χ2v) is 8.55. The van der Waals surface area contributed by atoms with Gasteiger partial charge in [-0.2, -0.15) is 5.10 Å². The average molecular weight is 393 g/mol. The molecule has 7 nitrogen and oxygen atoms in total. The molecular weight excluding hydrogens is 366 g/mol. The summed E-state index contributed by atoms with van der Waals surface area (Å²) < 4.78 is 7.52. The van der Waals surface area contributed by atoms with Crippen LogP contribution in [0.25, 0.3) is 17.0 Å². The standard InChI is InChI=1S/C22H27N5O2/c1-14-11-20-23-12-18(19-10-15(2)25-29-19)21(27(20)24-14)17-8-5-9-26(13-17)22(28)16-6-3-4-7-16/h10-12,16-17H,3-9,13H2,1-2H3/t17-/m1/s1. The minimum atomic E-state index is 0.194. The van der Waals surface area contributed by atoms with Gasteiger partial charge in [-0.25, -0.2) is 9.50 Å². The molecular formula is C22H27N5O2. The Balaban J connectivity index is 1.54. The molecule has 0 N–H and O–H groups in total. The predicted molar refractivity (Wildman–Crippen MR) is 108 cm³/mol. The summed E-state index contributed by atoms with van der Waals surface area (Å²) in [5.41, 5.74) is 4.59. The molecule has 3 aromatic heterocycles. The van der Waals surface area contributed by atoms with Gasteiger partial charge in [0, 0.05) is 43.3 Å². The first-order valence-electron chi connectivity index (χ1n) is 10.7. The molecule has 1 amide bonds. The molecule has 5 rings (SSSR count). The zero-order chi connectivity index (χ0) is 20.0. The van der Waals surface area contributed by atoms with E-state index in [-0.39, 0.29) is 11.8 Å². The zero-order valence-corrected chi connectivity index (χ0v) is 17.1. The highest BCUT2D eigenvalue weighted by atomic mass is 16.5. The lowest BCUT2D eigenvalue weighted by Crippen LogP contribution is -2.42. The number of hydrogen-bond acceptors (Lipinski definition) is 5. The van der Waals surface area contributed by atoms with Crippen molar-refractivity contribution in [1.82, 2.24) is 24.7 Å². The molecule has 0 bridgehead atoms. The van der Waals surface area contributed by atoms with Crippen molar-refractivity contribution in [2.24, 2.45) is 5.92 Å². The predicted octanol–water partition coefficient (Wildman–Crippen LogP) is 3.90. The summed E-state index contributed by atoms with van der Waals surface area (Å²) in [6.45, 7) is 5.48. The molecule has 0 spiro atoms. The fourth-order valence-electron chi connectivity index (χ4n) is 4.97. The van der Waals surface area contributed by atoms with E-state index in [1.165, 1.54) is 12.8 Å². The van der Waals surface area contributed by atoms with E-state index in [9.17, 15) is 4.79 Å². The third-order valence-electron chi connectivity index (χ3n) is 6.36. The van der Waals surface area contributed by atoms with E-state index >= 15 is 0 Å². The number of aryl methyl sites for hydroxylation is 2. The number of hydrogen-bond donors (Lipinski definition) is 0. The molecule has 1 aliphatic carbocycles. The average Bonchev–Trinajstić information content (AvgIpc) is 3.46. The number of likely N-dealkylation sites (tertiary alicyclic amines) is 1. The largest absolute Gasteiger partial charge is 0.356 e. The Morgan fingerprint density at radius 2 is 1.93 bits per heavy atom. The molecule has 4 heterocycles. The monoisotopic (exact) mass is 393 g/mol. The first-order valence-corrected chi connectivity index (χ1v) is 10.7. The van der Waals surface area contributed by atoms with Gasteiger partial charge in [0.2, 0.25) is 5.91 Å². The smallest absolute Gasteiger partial charge is 0.225 e. The maximum absolute atomic E-state index is 13.1. The van der Waals surface area contributed by atoms with Crippen LogP contribution < -0.4 is 0 Å². The number of amides is 1. The van der Waals surface area contributed by atoms with Gasteiger partial charge < -0.3 is 9.42 Å². The Morgan fingerprint density at radius 1 is 1.10 bits per heavy atom. The lowest BCUT2D eigenvalue weighted by atomic mass is 9.90. The van der Waals surface area contributed by atoms with Gasteiger partial charge in [0.25, 0.3) is 0 Å². The molecule has 152 valence electrons. The van der Waals surface area contributed by atoms with Crippen LogP contribution in [0.1, 0.15) is 61.5 Å². The number of aromatic nitrogens is 4. The number of carbonyl (C=O) groups is 1. The fourth-order valence-corrected chi connectivity index (χ4v) is 4.97. The molecule has 2 fully saturated rings. The number of piperidine rings is 1. The van der Waals surface area contributed by atoms with Crippen LogP contribution >= 0.6 is 0 Å². The van der Waals surface area contributed by atoms with Crippen LogP contribution in [0.2, 0.25) is 0 Å². The highest BCUT2D eigenvalue weighted by Gasteiger charge is 2.33. The highest BCUT2D eigenvalue weighted by Crippen LogP contribution is 2.36. The number of fused-ring (bicyclic) bond motifs is 1. The van der Waals surface area contributed by atoms with Crippen molar-refractivity contribution in [2.75, 3.05) is 13.1 Å². The molecule has 1 aliphatic heterocycles. The van der Waals surface area contributed by atoms with Gasteiger partial charge in [-0.3, -0.25) is 4.79 Å². The molecule has 2 aliphatic rings. The molecule has 1 saturated heterocycles. The summed E-state index contributed by atoms with van der Waals surface area (Å²) in [5.74, 6) is 1.46. The zero-order valence-electron chi connectivity index (χ0n) is 17.1. The minimum absolute atomic E-state index is 0.194. The third-order valence-corrected chi connectivity index (χ3v) is 6.36. The number of rotatable bonds is 3. The third kappa shape index (κ3) is 3.32. The van der Waals surface area contributed by atoms with E-state index in [2.05, 4.69) is 15.0 Å². The Kier molecular flexibility index (Phi) is 4.60. The van der Waals surface area contributed by atoms with E-state index in [1.54, 1.807) is 0 Å². The van der Waals surface area contributed by atoms with E-state index in [1.807, 2.05) is 36.7 Å². The van der Waals surface area contributed by atoms with Gasteiger partial charge >= 0.3 is 0 Å². The summed E-state index contributed by atoms with van der Waals surface area (Å²) in [6, 6.07) is 3.93. The fraction of sp³-hybridized carbons (Fsp3) is 0.545. The summed E-state index contributed by atoms with van der Waals surface area (Å²) in [5, 5.41) is 8.78. The van der Waals surface area contributed by atoms with Crippen LogP contribution in [-0.2, 0) is 4.79 Å². The molecule has 1 saturated carbocycles. The molecule has 3 aromatic rings. The lowest BCUT2D eigenvalue weighted by molar-refractivity contribution is -0.136. The first kappa shape index (κ1) is 18.3. The SMILES string of the molecule is Cc1cc(-c2cnc3cc(C)nn3c2[C@@H]2CCCN(C(=O)C3CCCC3)C2)on1. The summed E-state index contributed by atoms with van der Waals surface area (Å²) in [6.07, 6.45) is 8.33. The van der Waals surface area contributed by atoms with Crippen molar-refractivity contribution < 1.29 is 9.32 Å². The summed E-state index contributed by atoms with van der Waals surface area (Å²) in [7, 11) is 0. The van der Waals surface area contributed by atoms with Crippen LogP contribution in [-0.4, -0.2) is 43.7 Å². The maximum atomic E-state index is 13.1. The number of nitrogens with zero attached hydrogens (tertiary/aromatic N) is 5. The van der Waals surface area contributed by atoms with Gasteiger partial charge in [-0.1, -0.05) is 18.0 Å². The number of carbonyl (C=O) groups excluding carboxylic acids is 1. The van der Waals surface area contributed by atoms with Gasteiger partial charge in [-0.15, -0.1) is 0 Å². The van der Waals surface area contributed by atoms with Crippen molar-refractivity contribution in [3.05, 3.63) is 35.4 Å². The summed E-state index contributed by atoms with van der Waals surface area (Å²) in [4.78, 5) is 19.7. The van der Waals surface area contributed by atoms with E-state index in [0.717, 1.165) is 67.1 Å². The van der Waals surface area contributed by atoms with Crippen LogP contribution in [0.4, 0.5) is 0 Å². The van der Waals surface area contributed by atoms with Crippen LogP contribution in [0.5, 0.6) is 0 Å². The van der Waals surface area contributed by atoms with E-state index in [4.69, 9.17) is 9.62 Å².